The maximum atomic E-state index is 4.41. The van der Waals surface area contributed by atoms with Crippen molar-refractivity contribution < 1.29 is 0 Å². The van der Waals surface area contributed by atoms with Crippen molar-refractivity contribution >= 4 is 61.3 Å². The molecule has 0 saturated carbocycles. The second kappa shape index (κ2) is 3.93. The second-order valence-electron chi connectivity index (χ2n) is 2.96. The molecule has 0 aliphatic carbocycles. The van der Waals surface area contributed by atoms with E-state index in [4.69, 9.17) is 0 Å². The Morgan fingerprint density at radius 1 is 0.571 bits per heavy atom. The first-order valence-corrected chi connectivity index (χ1v) is 5.75. The molecule has 0 saturated heterocycles. The number of thiol groups is 4. The zero-order valence-corrected chi connectivity index (χ0v) is 10.7. The fraction of sp³-hybridized carbons (Fsp3) is 0. The summed E-state index contributed by atoms with van der Waals surface area (Å²) >= 11 is 17.4. The van der Waals surface area contributed by atoms with Crippen molar-refractivity contribution in [3.63, 3.8) is 0 Å². The molecule has 0 spiro atoms. The average molecular weight is 256 g/mol. The Balaban J connectivity index is 2.94. The third-order valence-corrected chi connectivity index (χ3v) is 4.16. The van der Waals surface area contributed by atoms with Gasteiger partial charge in [0.05, 0.1) is 0 Å². The molecule has 0 heterocycles. The van der Waals surface area contributed by atoms with E-state index < -0.39 is 0 Å². The number of benzene rings is 2. The first kappa shape index (κ1) is 10.6. The van der Waals surface area contributed by atoms with Crippen molar-refractivity contribution in [3.05, 3.63) is 24.3 Å². The summed E-state index contributed by atoms with van der Waals surface area (Å²) in [7, 11) is 0. The van der Waals surface area contributed by atoms with E-state index in [0.717, 1.165) is 30.4 Å². The predicted octanol–water partition coefficient (Wildman–Crippen LogP) is 3.99. The summed E-state index contributed by atoms with van der Waals surface area (Å²) in [6.45, 7) is 0. The van der Waals surface area contributed by atoms with Crippen LogP contribution in [0.4, 0.5) is 0 Å². The SMILES string of the molecule is Sc1ccc2c(S)c(S)ccc2c1S. The van der Waals surface area contributed by atoms with Crippen LogP contribution in [0.2, 0.25) is 0 Å². The minimum atomic E-state index is 0.875. The Hall–Kier alpha value is 0.1000. The molecule has 72 valence electrons. The molecule has 0 aliphatic rings. The van der Waals surface area contributed by atoms with Gasteiger partial charge in [-0.3, -0.25) is 0 Å². The molecule has 2 aromatic carbocycles. The second-order valence-corrected chi connectivity index (χ2v) is 4.82. The van der Waals surface area contributed by atoms with Gasteiger partial charge in [0.2, 0.25) is 0 Å². The van der Waals surface area contributed by atoms with Crippen LogP contribution in [0.25, 0.3) is 10.8 Å². The van der Waals surface area contributed by atoms with Gasteiger partial charge in [-0.25, -0.2) is 0 Å². The van der Waals surface area contributed by atoms with Crippen LogP contribution >= 0.6 is 50.5 Å². The fourth-order valence-electron chi connectivity index (χ4n) is 1.35. The normalized spacial score (nSPS) is 10.9. The van der Waals surface area contributed by atoms with Crippen LogP contribution in [-0.2, 0) is 0 Å². The molecule has 0 aliphatic heterocycles. The highest BCUT2D eigenvalue weighted by molar-refractivity contribution is 7.84. The molecule has 4 heteroatoms. The van der Waals surface area contributed by atoms with Crippen LogP contribution < -0.4 is 0 Å². The molecule has 0 nitrogen and oxygen atoms in total. The predicted molar refractivity (Wildman–Crippen MR) is 73.0 cm³/mol. The molecule has 0 radical (unpaired) electrons. The van der Waals surface area contributed by atoms with Crippen molar-refractivity contribution in [3.8, 4) is 0 Å². The molecule has 2 aromatic rings. The minimum absolute atomic E-state index is 0.875. The molecular formula is C10H8S4. The van der Waals surface area contributed by atoms with E-state index in [9.17, 15) is 0 Å². The van der Waals surface area contributed by atoms with Crippen molar-refractivity contribution in [2.75, 3.05) is 0 Å². The first-order chi connectivity index (χ1) is 6.61. The largest absolute Gasteiger partial charge is 0.142 e. The smallest absolute Gasteiger partial charge is 0.0253 e. The summed E-state index contributed by atoms with van der Waals surface area (Å²) in [5.74, 6) is 0. The van der Waals surface area contributed by atoms with Gasteiger partial charge in [0.1, 0.15) is 0 Å². The lowest BCUT2D eigenvalue weighted by Gasteiger charge is -2.07. The van der Waals surface area contributed by atoms with Crippen molar-refractivity contribution in [1.82, 2.24) is 0 Å². The highest BCUT2D eigenvalue weighted by Gasteiger charge is 2.05. The lowest BCUT2D eigenvalue weighted by molar-refractivity contribution is 1.26. The van der Waals surface area contributed by atoms with E-state index in [1.54, 1.807) is 0 Å². The van der Waals surface area contributed by atoms with Crippen molar-refractivity contribution in [2.24, 2.45) is 0 Å². The van der Waals surface area contributed by atoms with Gasteiger partial charge in [-0.2, -0.15) is 0 Å². The average Bonchev–Trinajstić information content (AvgIpc) is 2.17. The number of hydrogen-bond donors (Lipinski definition) is 4. The number of fused-ring (bicyclic) bond motifs is 1. The third-order valence-electron chi connectivity index (χ3n) is 2.10. The minimum Gasteiger partial charge on any atom is -0.142 e. The summed E-state index contributed by atoms with van der Waals surface area (Å²) in [4.78, 5) is 3.52. The van der Waals surface area contributed by atoms with Crippen molar-refractivity contribution in [2.45, 2.75) is 19.6 Å². The molecule has 0 N–H and O–H groups in total. The Morgan fingerprint density at radius 3 is 1.29 bits per heavy atom. The fourth-order valence-corrected chi connectivity index (χ4v) is 2.28. The molecule has 14 heavy (non-hydrogen) atoms. The van der Waals surface area contributed by atoms with Gasteiger partial charge in [0, 0.05) is 19.6 Å². The van der Waals surface area contributed by atoms with Gasteiger partial charge >= 0.3 is 0 Å². The molecule has 0 bridgehead atoms. The highest BCUT2D eigenvalue weighted by atomic mass is 32.1. The summed E-state index contributed by atoms with van der Waals surface area (Å²) in [6.07, 6.45) is 0. The van der Waals surface area contributed by atoms with Gasteiger partial charge in [-0.15, -0.1) is 50.5 Å². The molecule has 0 atom stereocenters. The van der Waals surface area contributed by atoms with Gasteiger partial charge in [-0.05, 0) is 22.9 Å². The monoisotopic (exact) mass is 256 g/mol. The van der Waals surface area contributed by atoms with Crippen LogP contribution in [0.5, 0.6) is 0 Å². The van der Waals surface area contributed by atoms with Crippen LogP contribution in [0.1, 0.15) is 0 Å². The Morgan fingerprint density at radius 2 is 0.929 bits per heavy atom. The zero-order valence-electron chi connectivity index (χ0n) is 7.10. The molecular weight excluding hydrogens is 248 g/mol. The van der Waals surface area contributed by atoms with Crippen LogP contribution in [0.3, 0.4) is 0 Å². The molecule has 0 amide bonds. The number of rotatable bonds is 0. The Bertz CT molecular complexity index is 458. The van der Waals surface area contributed by atoms with E-state index in [1.165, 1.54) is 0 Å². The van der Waals surface area contributed by atoms with E-state index in [0.29, 0.717) is 0 Å². The highest BCUT2D eigenvalue weighted by Crippen LogP contribution is 2.34. The van der Waals surface area contributed by atoms with Crippen LogP contribution in [0.15, 0.2) is 43.8 Å². The Labute approximate surface area is 105 Å². The molecule has 0 aromatic heterocycles. The van der Waals surface area contributed by atoms with E-state index in [1.807, 2.05) is 24.3 Å². The van der Waals surface area contributed by atoms with E-state index >= 15 is 0 Å². The van der Waals surface area contributed by atoms with Crippen LogP contribution in [0, 0.1) is 0 Å². The summed E-state index contributed by atoms with van der Waals surface area (Å²) < 4.78 is 0. The van der Waals surface area contributed by atoms with Gasteiger partial charge in [0.25, 0.3) is 0 Å². The van der Waals surface area contributed by atoms with Gasteiger partial charge in [0.15, 0.2) is 0 Å². The standard InChI is InChI=1S/C10H8S4/c11-7-3-1-5-6(10(7)14)2-4-8(12)9(5)13/h1-4,11-14H. The zero-order chi connectivity index (χ0) is 10.3. The maximum Gasteiger partial charge on any atom is 0.0253 e. The van der Waals surface area contributed by atoms with Gasteiger partial charge in [-0.1, -0.05) is 12.1 Å². The lowest BCUT2D eigenvalue weighted by atomic mass is 10.1. The summed E-state index contributed by atoms with van der Waals surface area (Å²) in [5, 5.41) is 2.12. The Kier molecular flexibility index (Phi) is 2.98. The third kappa shape index (κ3) is 1.65. The molecule has 2 rings (SSSR count). The summed E-state index contributed by atoms with van der Waals surface area (Å²) in [5.41, 5.74) is 0. The summed E-state index contributed by atoms with van der Waals surface area (Å²) in [6, 6.07) is 7.81. The number of hydrogen-bond acceptors (Lipinski definition) is 4. The maximum absolute atomic E-state index is 4.41. The van der Waals surface area contributed by atoms with E-state index in [-0.39, 0.29) is 0 Å². The first-order valence-electron chi connectivity index (χ1n) is 3.97. The van der Waals surface area contributed by atoms with Crippen LogP contribution in [-0.4, -0.2) is 0 Å². The van der Waals surface area contributed by atoms with E-state index in [2.05, 4.69) is 50.5 Å². The molecule has 0 unspecified atom stereocenters. The lowest BCUT2D eigenvalue weighted by Crippen LogP contribution is -1.81. The van der Waals surface area contributed by atoms with Crippen molar-refractivity contribution in [1.29, 1.82) is 0 Å². The van der Waals surface area contributed by atoms with Gasteiger partial charge < -0.3 is 0 Å². The topological polar surface area (TPSA) is 0 Å². The molecule has 0 fully saturated rings. The quantitative estimate of drug-likeness (QED) is 0.503.